The standard InChI is InChI=1S/C18H14F3N3O4S3/c1-4-31(26,27)15-13-12(8(7-29-13)17(25)28-3)30-14(15)16-23-9-5-11(18(19,20)21)22-6-10(9)24(16)2/h5-7H,4H2,1-3H3. The molecule has 0 N–H and O–H groups in total. The molecule has 13 heteroatoms. The molecule has 0 fully saturated rings. The van der Waals surface area contributed by atoms with E-state index in [1.807, 2.05) is 0 Å². The van der Waals surface area contributed by atoms with Crippen LogP contribution in [0.4, 0.5) is 13.2 Å². The fourth-order valence-electron chi connectivity index (χ4n) is 3.13. The molecule has 0 aliphatic heterocycles. The molecule has 4 aromatic rings. The average Bonchev–Trinajstić information content (AvgIpc) is 3.37. The smallest absolute Gasteiger partial charge is 0.433 e. The van der Waals surface area contributed by atoms with E-state index in [1.165, 1.54) is 24.0 Å². The van der Waals surface area contributed by atoms with Gasteiger partial charge in [-0.2, -0.15) is 13.2 Å². The van der Waals surface area contributed by atoms with Crippen molar-refractivity contribution < 1.29 is 31.1 Å². The van der Waals surface area contributed by atoms with Crippen LogP contribution in [0.3, 0.4) is 0 Å². The summed E-state index contributed by atoms with van der Waals surface area (Å²) in [5, 5.41) is 1.53. The van der Waals surface area contributed by atoms with Crippen molar-refractivity contribution in [1.29, 1.82) is 0 Å². The van der Waals surface area contributed by atoms with Crippen molar-refractivity contribution in [3.05, 3.63) is 28.9 Å². The molecule has 4 rings (SSSR count). The Morgan fingerprint density at radius 1 is 1.29 bits per heavy atom. The number of fused-ring (bicyclic) bond motifs is 2. The Morgan fingerprint density at radius 3 is 2.61 bits per heavy atom. The van der Waals surface area contributed by atoms with Gasteiger partial charge in [0.2, 0.25) is 0 Å². The van der Waals surface area contributed by atoms with Crippen molar-refractivity contribution in [2.24, 2.45) is 7.05 Å². The van der Waals surface area contributed by atoms with Crippen LogP contribution in [0.5, 0.6) is 0 Å². The molecular weight excluding hydrogens is 475 g/mol. The summed E-state index contributed by atoms with van der Waals surface area (Å²) in [5.74, 6) is -0.628. The van der Waals surface area contributed by atoms with Crippen molar-refractivity contribution in [2.75, 3.05) is 12.9 Å². The van der Waals surface area contributed by atoms with Crippen LogP contribution in [0.15, 0.2) is 22.5 Å². The number of thiophene rings is 2. The number of alkyl halides is 3. The number of pyridine rings is 1. The second kappa shape index (κ2) is 7.28. The van der Waals surface area contributed by atoms with Gasteiger partial charge >= 0.3 is 12.1 Å². The van der Waals surface area contributed by atoms with Crippen molar-refractivity contribution in [1.82, 2.24) is 14.5 Å². The number of aromatic nitrogens is 3. The number of hydrogen-bond donors (Lipinski definition) is 0. The quantitative estimate of drug-likeness (QED) is 0.392. The lowest BCUT2D eigenvalue weighted by molar-refractivity contribution is -0.141. The van der Waals surface area contributed by atoms with E-state index in [-0.39, 0.29) is 32.4 Å². The van der Waals surface area contributed by atoms with E-state index in [2.05, 4.69) is 9.97 Å². The lowest BCUT2D eigenvalue weighted by Gasteiger charge is -2.05. The van der Waals surface area contributed by atoms with E-state index in [0.717, 1.165) is 34.9 Å². The third kappa shape index (κ3) is 3.40. The maximum atomic E-state index is 13.0. The molecule has 0 aliphatic rings. The number of ether oxygens (including phenoxy) is 1. The Labute approximate surface area is 182 Å². The van der Waals surface area contributed by atoms with Gasteiger partial charge in [-0.25, -0.2) is 23.2 Å². The first kappa shape index (κ1) is 21.7. The van der Waals surface area contributed by atoms with E-state index >= 15 is 0 Å². The number of aryl methyl sites for hydroxylation is 1. The topological polar surface area (TPSA) is 91.1 Å². The zero-order valence-electron chi connectivity index (χ0n) is 16.3. The lowest BCUT2D eigenvalue weighted by atomic mass is 10.3. The molecule has 164 valence electrons. The molecule has 0 bridgehead atoms. The average molecular weight is 490 g/mol. The van der Waals surface area contributed by atoms with E-state index in [0.29, 0.717) is 14.9 Å². The summed E-state index contributed by atoms with van der Waals surface area (Å²) < 4.78 is 72.1. The van der Waals surface area contributed by atoms with Crippen LogP contribution in [0.1, 0.15) is 23.0 Å². The Morgan fingerprint density at radius 2 is 2.00 bits per heavy atom. The minimum atomic E-state index is -4.64. The summed E-state index contributed by atoms with van der Waals surface area (Å²) >= 11 is 2.13. The number of halogens is 3. The minimum Gasteiger partial charge on any atom is -0.465 e. The minimum absolute atomic E-state index is 0.0116. The van der Waals surface area contributed by atoms with Gasteiger partial charge in [0.1, 0.15) is 10.6 Å². The second-order valence-electron chi connectivity index (χ2n) is 6.51. The van der Waals surface area contributed by atoms with Crippen LogP contribution in [0.2, 0.25) is 0 Å². The molecule has 4 aromatic heterocycles. The zero-order valence-corrected chi connectivity index (χ0v) is 18.7. The summed E-state index contributed by atoms with van der Waals surface area (Å²) in [7, 11) is -0.956. The number of esters is 1. The number of hydrogen-bond acceptors (Lipinski definition) is 8. The van der Waals surface area contributed by atoms with Gasteiger partial charge in [0.15, 0.2) is 15.7 Å². The van der Waals surface area contributed by atoms with Gasteiger partial charge in [0.25, 0.3) is 0 Å². The fourth-order valence-corrected chi connectivity index (χ4v) is 7.68. The second-order valence-corrected chi connectivity index (χ2v) is 10.6. The maximum Gasteiger partial charge on any atom is 0.433 e. The number of methoxy groups -OCH3 is 1. The van der Waals surface area contributed by atoms with Crippen LogP contribution < -0.4 is 0 Å². The van der Waals surface area contributed by atoms with E-state index in [4.69, 9.17) is 4.74 Å². The molecule has 0 saturated carbocycles. The van der Waals surface area contributed by atoms with E-state index < -0.39 is 27.7 Å². The largest absolute Gasteiger partial charge is 0.465 e. The highest BCUT2D eigenvalue weighted by molar-refractivity contribution is 7.92. The first-order valence-electron chi connectivity index (χ1n) is 8.74. The number of sulfone groups is 1. The monoisotopic (exact) mass is 489 g/mol. The lowest BCUT2D eigenvalue weighted by Crippen LogP contribution is -2.07. The third-order valence-electron chi connectivity index (χ3n) is 4.72. The molecule has 0 aliphatic carbocycles. The van der Waals surface area contributed by atoms with Gasteiger partial charge in [0.05, 0.1) is 49.9 Å². The Hall–Kier alpha value is -2.51. The van der Waals surface area contributed by atoms with E-state index in [9.17, 15) is 26.4 Å². The van der Waals surface area contributed by atoms with Crippen molar-refractivity contribution >= 4 is 58.9 Å². The first-order valence-corrected chi connectivity index (χ1v) is 12.1. The number of rotatable bonds is 4. The summed E-state index contributed by atoms with van der Waals surface area (Å²) in [5.41, 5.74) is -0.519. The molecule has 0 aromatic carbocycles. The Balaban J connectivity index is 2.04. The van der Waals surface area contributed by atoms with Crippen LogP contribution in [-0.2, 0) is 27.8 Å². The maximum absolute atomic E-state index is 13.0. The zero-order chi connectivity index (χ0) is 22.7. The Kier molecular flexibility index (Phi) is 5.10. The van der Waals surface area contributed by atoms with Crippen LogP contribution in [0.25, 0.3) is 31.1 Å². The van der Waals surface area contributed by atoms with Gasteiger partial charge in [-0.05, 0) is 6.07 Å². The fraction of sp³-hybridized carbons (Fsp3) is 0.278. The number of carbonyl (C=O) groups excluding carboxylic acids is 1. The summed E-state index contributed by atoms with van der Waals surface area (Å²) in [4.78, 5) is 20.1. The van der Waals surface area contributed by atoms with E-state index in [1.54, 1.807) is 7.05 Å². The van der Waals surface area contributed by atoms with Gasteiger partial charge in [0, 0.05) is 12.4 Å². The van der Waals surface area contributed by atoms with Gasteiger partial charge in [-0.3, -0.25) is 0 Å². The molecule has 0 saturated heterocycles. The number of nitrogens with zero attached hydrogens (tertiary/aromatic N) is 3. The molecule has 0 amide bonds. The molecule has 31 heavy (non-hydrogen) atoms. The van der Waals surface area contributed by atoms with Crippen molar-refractivity contribution in [2.45, 2.75) is 18.0 Å². The highest BCUT2D eigenvalue weighted by Gasteiger charge is 2.34. The normalized spacial score (nSPS) is 12.7. The van der Waals surface area contributed by atoms with Crippen LogP contribution in [-0.4, -0.2) is 41.8 Å². The molecule has 0 atom stereocenters. The predicted molar refractivity (Wildman–Crippen MR) is 111 cm³/mol. The summed E-state index contributed by atoms with van der Waals surface area (Å²) in [6, 6.07) is 0.822. The van der Waals surface area contributed by atoms with Crippen molar-refractivity contribution in [3.63, 3.8) is 0 Å². The molecule has 4 heterocycles. The third-order valence-corrected chi connectivity index (χ3v) is 9.11. The van der Waals surface area contributed by atoms with Gasteiger partial charge in [-0.15, -0.1) is 22.7 Å². The highest BCUT2D eigenvalue weighted by Crippen LogP contribution is 2.46. The SMILES string of the molecule is CCS(=O)(=O)c1c(-c2nc3cc(C(F)(F)F)ncc3n2C)sc2c(C(=O)OC)csc12. The molecule has 0 unspecified atom stereocenters. The molecule has 0 spiro atoms. The van der Waals surface area contributed by atoms with Crippen LogP contribution in [0, 0.1) is 0 Å². The molecular formula is C18H14F3N3O4S3. The number of carbonyl (C=O) groups is 1. The van der Waals surface area contributed by atoms with Crippen LogP contribution >= 0.6 is 22.7 Å². The summed E-state index contributed by atoms with van der Waals surface area (Å²) in [6.07, 6.45) is -3.58. The molecule has 0 radical (unpaired) electrons. The van der Waals surface area contributed by atoms with Crippen molar-refractivity contribution in [3.8, 4) is 10.7 Å². The van der Waals surface area contributed by atoms with Gasteiger partial charge in [-0.1, -0.05) is 6.92 Å². The first-order chi connectivity index (χ1) is 14.5. The number of imidazole rings is 1. The van der Waals surface area contributed by atoms with Gasteiger partial charge < -0.3 is 9.30 Å². The molecule has 7 nitrogen and oxygen atoms in total. The predicted octanol–water partition coefficient (Wildman–Crippen LogP) is 4.51. The Bertz CT molecular complexity index is 1450. The highest BCUT2D eigenvalue weighted by atomic mass is 32.2. The summed E-state index contributed by atoms with van der Waals surface area (Å²) in [6.45, 7) is 1.49.